The summed E-state index contributed by atoms with van der Waals surface area (Å²) in [7, 11) is 0. The van der Waals surface area contributed by atoms with Crippen LogP contribution in [0.5, 0.6) is 0 Å². The van der Waals surface area contributed by atoms with Crippen molar-refractivity contribution in [3.63, 3.8) is 0 Å². The van der Waals surface area contributed by atoms with E-state index in [1.165, 1.54) is 0 Å². The van der Waals surface area contributed by atoms with Gasteiger partial charge in [-0.3, -0.25) is 15.0 Å². The molecule has 0 bridgehead atoms. The van der Waals surface area contributed by atoms with Gasteiger partial charge in [0.25, 0.3) is 0 Å². The molecule has 0 unspecified atom stereocenters. The van der Waals surface area contributed by atoms with E-state index in [0.717, 1.165) is 33.6 Å². The van der Waals surface area contributed by atoms with Crippen molar-refractivity contribution in [2.24, 2.45) is 5.73 Å². The van der Waals surface area contributed by atoms with Gasteiger partial charge in [-0.25, -0.2) is 0 Å². The van der Waals surface area contributed by atoms with Gasteiger partial charge >= 0.3 is 5.97 Å². The first-order valence-electron chi connectivity index (χ1n) is 12.6. The molecule has 7 heteroatoms. The fourth-order valence-electron chi connectivity index (χ4n) is 3.93. The van der Waals surface area contributed by atoms with Gasteiger partial charge in [-0.05, 0) is 73.9 Å². The van der Waals surface area contributed by atoms with Gasteiger partial charge in [0.15, 0.2) is 0 Å². The molecule has 7 nitrogen and oxygen atoms in total. The summed E-state index contributed by atoms with van der Waals surface area (Å²) in [5.74, 6) is 5.90. The Bertz CT molecular complexity index is 1340. The lowest BCUT2D eigenvalue weighted by Gasteiger charge is -2.26. The molecule has 0 aliphatic heterocycles. The summed E-state index contributed by atoms with van der Waals surface area (Å²) >= 11 is 0. The maximum Gasteiger partial charge on any atom is 0.306 e. The van der Waals surface area contributed by atoms with Crippen molar-refractivity contribution in [3.05, 3.63) is 94.5 Å². The molecule has 0 aromatic heterocycles. The predicted molar refractivity (Wildman–Crippen MR) is 152 cm³/mol. The topological polar surface area (TPSA) is 109 Å². The average Bonchev–Trinajstić information content (AvgIpc) is 2.91. The highest BCUT2D eigenvalue weighted by Crippen LogP contribution is 2.27. The number of esters is 1. The van der Waals surface area contributed by atoms with E-state index in [9.17, 15) is 9.59 Å². The maximum atomic E-state index is 13.3. The summed E-state index contributed by atoms with van der Waals surface area (Å²) in [6, 6.07) is 21.1. The molecule has 0 heterocycles. The second-order valence-corrected chi connectivity index (χ2v) is 8.87. The van der Waals surface area contributed by atoms with Crippen LogP contribution in [0.25, 0.3) is 0 Å². The molecule has 0 atom stereocenters. The number of ether oxygens (including phenoxy) is 1. The summed E-state index contributed by atoms with van der Waals surface area (Å²) in [4.78, 5) is 26.9. The number of carbonyl (C=O) groups excluding carboxylic acids is 2. The number of benzene rings is 3. The van der Waals surface area contributed by atoms with Crippen LogP contribution in [0.4, 0.5) is 11.4 Å². The molecule has 3 aromatic rings. The van der Waals surface area contributed by atoms with Crippen LogP contribution in [-0.4, -0.2) is 30.9 Å². The number of anilines is 2. The summed E-state index contributed by atoms with van der Waals surface area (Å²) in [6.45, 7) is 6.84. The van der Waals surface area contributed by atoms with Crippen molar-refractivity contribution in [2.75, 3.05) is 23.4 Å². The minimum absolute atomic E-state index is 0.0358. The number of nitrogens with one attached hydrogen (secondary N) is 2. The fraction of sp³-hybridized carbons (Fsp3) is 0.258. The van der Waals surface area contributed by atoms with Gasteiger partial charge in [0, 0.05) is 28.9 Å². The van der Waals surface area contributed by atoms with E-state index in [1.54, 1.807) is 24.0 Å². The van der Waals surface area contributed by atoms with E-state index in [2.05, 4.69) is 17.2 Å². The fourth-order valence-corrected chi connectivity index (χ4v) is 3.93. The van der Waals surface area contributed by atoms with Crippen LogP contribution in [0.3, 0.4) is 0 Å². The molecule has 0 aliphatic rings. The van der Waals surface area contributed by atoms with Crippen molar-refractivity contribution in [2.45, 2.75) is 40.2 Å². The van der Waals surface area contributed by atoms with Gasteiger partial charge in [-0.1, -0.05) is 42.2 Å². The van der Waals surface area contributed by atoms with Crippen molar-refractivity contribution >= 4 is 29.1 Å². The third kappa shape index (κ3) is 7.97. The minimum atomic E-state index is -0.373. The monoisotopic (exact) mass is 510 g/mol. The zero-order chi connectivity index (χ0) is 27.5. The molecule has 0 saturated carbocycles. The Balaban J connectivity index is 1.76. The van der Waals surface area contributed by atoms with Crippen LogP contribution in [0.2, 0.25) is 0 Å². The first-order chi connectivity index (χ1) is 18.3. The summed E-state index contributed by atoms with van der Waals surface area (Å²) in [5.41, 5.74) is 11.6. The summed E-state index contributed by atoms with van der Waals surface area (Å²) in [5, 5.41) is 10.7. The van der Waals surface area contributed by atoms with E-state index in [1.807, 2.05) is 68.4 Å². The zero-order valence-electron chi connectivity index (χ0n) is 22.1. The number of nitrogen functional groups attached to an aromatic ring is 1. The molecule has 0 aliphatic carbocycles. The third-order valence-corrected chi connectivity index (χ3v) is 5.97. The van der Waals surface area contributed by atoms with Crippen LogP contribution in [0.1, 0.15) is 47.6 Å². The number of nitrogens with two attached hydrogens (primary N) is 1. The molecular weight excluding hydrogens is 476 g/mol. The van der Waals surface area contributed by atoms with Crippen LogP contribution in [0, 0.1) is 31.1 Å². The Morgan fingerprint density at radius 2 is 1.71 bits per heavy atom. The van der Waals surface area contributed by atoms with Gasteiger partial charge in [0.05, 0.1) is 26.1 Å². The molecule has 0 spiro atoms. The first-order valence-corrected chi connectivity index (χ1v) is 12.6. The van der Waals surface area contributed by atoms with Gasteiger partial charge in [0.1, 0.15) is 5.84 Å². The van der Waals surface area contributed by atoms with Crippen LogP contribution in [0.15, 0.2) is 66.7 Å². The van der Waals surface area contributed by atoms with E-state index >= 15 is 0 Å². The van der Waals surface area contributed by atoms with Gasteiger partial charge < -0.3 is 20.7 Å². The first kappa shape index (κ1) is 28.0. The molecule has 3 aromatic carbocycles. The number of amidine groups is 1. The van der Waals surface area contributed by atoms with Crippen LogP contribution >= 0.6 is 0 Å². The standard InChI is InChI=1S/C31H34N4O3/c1-4-38-30(37)17-16-29(36)35(21-24-9-6-5-7-10-24)28-20-22(2)26(19-23(28)3)11-8-18-34-27-14-12-25(13-15-27)31(32)33/h5-7,9-10,12-15,19-20,34H,4,16-18,21H2,1-3H3,(H3,32,33). The van der Waals surface area contributed by atoms with Crippen molar-refractivity contribution in [1.82, 2.24) is 0 Å². The van der Waals surface area contributed by atoms with E-state index in [-0.39, 0.29) is 30.6 Å². The van der Waals surface area contributed by atoms with Crippen LogP contribution in [-0.2, 0) is 20.9 Å². The Morgan fingerprint density at radius 3 is 2.37 bits per heavy atom. The molecule has 4 N–H and O–H groups in total. The smallest absolute Gasteiger partial charge is 0.306 e. The minimum Gasteiger partial charge on any atom is -0.466 e. The lowest BCUT2D eigenvalue weighted by Crippen LogP contribution is -2.31. The lowest BCUT2D eigenvalue weighted by atomic mass is 10.0. The number of rotatable bonds is 10. The highest BCUT2D eigenvalue weighted by molar-refractivity contribution is 5.96. The maximum absolute atomic E-state index is 13.3. The molecule has 0 radical (unpaired) electrons. The highest BCUT2D eigenvalue weighted by atomic mass is 16.5. The molecule has 3 rings (SSSR count). The highest BCUT2D eigenvalue weighted by Gasteiger charge is 2.20. The molecule has 0 saturated heterocycles. The molecule has 196 valence electrons. The van der Waals surface area contributed by atoms with Crippen molar-refractivity contribution in [1.29, 1.82) is 5.41 Å². The zero-order valence-corrected chi connectivity index (χ0v) is 22.1. The van der Waals surface area contributed by atoms with Crippen molar-refractivity contribution < 1.29 is 14.3 Å². The SMILES string of the molecule is CCOC(=O)CCC(=O)N(Cc1ccccc1)c1cc(C)c(C#CCNc2ccc(C(=N)N)cc2)cc1C. The summed E-state index contributed by atoms with van der Waals surface area (Å²) in [6.07, 6.45) is 0.120. The van der Waals surface area contributed by atoms with E-state index in [4.69, 9.17) is 15.9 Å². The predicted octanol–water partition coefficient (Wildman–Crippen LogP) is 4.93. The number of carbonyl (C=O) groups is 2. The van der Waals surface area contributed by atoms with Gasteiger partial charge in [-0.15, -0.1) is 0 Å². The number of nitrogens with zero attached hydrogens (tertiary/aromatic N) is 1. The summed E-state index contributed by atoms with van der Waals surface area (Å²) < 4.78 is 5.00. The normalized spacial score (nSPS) is 10.2. The Morgan fingerprint density at radius 1 is 1.00 bits per heavy atom. The second kappa shape index (κ2) is 13.7. The van der Waals surface area contributed by atoms with E-state index in [0.29, 0.717) is 25.3 Å². The average molecular weight is 511 g/mol. The lowest BCUT2D eigenvalue weighted by molar-refractivity contribution is -0.144. The number of aryl methyl sites for hydroxylation is 2. The number of hydrogen-bond acceptors (Lipinski definition) is 5. The van der Waals surface area contributed by atoms with Crippen molar-refractivity contribution in [3.8, 4) is 11.8 Å². The molecule has 38 heavy (non-hydrogen) atoms. The largest absolute Gasteiger partial charge is 0.466 e. The number of amides is 1. The molecule has 0 fully saturated rings. The molecule has 1 amide bonds. The Hall–Kier alpha value is -4.57. The van der Waals surface area contributed by atoms with Gasteiger partial charge in [-0.2, -0.15) is 0 Å². The number of hydrogen-bond donors (Lipinski definition) is 3. The van der Waals surface area contributed by atoms with Crippen LogP contribution < -0.4 is 16.0 Å². The third-order valence-electron chi connectivity index (χ3n) is 5.97. The van der Waals surface area contributed by atoms with Gasteiger partial charge in [0.2, 0.25) is 5.91 Å². The molecular formula is C31H34N4O3. The quantitative estimate of drug-likeness (QED) is 0.155. The Labute approximate surface area is 224 Å². The van der Waals surface area contributed by atoms with E-state index < -0.39 is 0 Å². The second-order valence-electron chi connectivity index (χ2n) is 8.87. The Kier molecular flexibility index (Phi) is 10.1.